The number of hydrogen-bond acceptors (Lipinski definition) is 3. The van der Waals surface area contributed by atoms with Crippen molar-refractivity contribution in [2.75, 3.05) is 26.2 Å². The highest BCUT2D eigenvalue weighted by molar-refractivity contribution is 5.30. The Bertz CT molecular complexity index is 385. The molecule has 2 unspecified atom stereocenters. The molecule has 0 aliphatic carbocycles. The molecule has 1 fully saturated rings. The Hall–Kier alpha value is -0.900. The van der Waals surface area contributed by atoms with Crippen LogP contribution in [0.4, 0.5) is 0 Å². The highest BCUT2D eigenvalue weighted by atomic mass is 16.5. The zero-order chi connectivity index (χ0) is 13.1. The van der Waals surface area contributed by atoms with Gasteiger partial charge >= 0.3 is 0 Å². The fourth-order valence-electron chi connectivity index (χ4n) is 2.70. The molecule has 0 bridgehead atoms. The molecule has 18 heavy (non-hydrogen) atoms. The number of benzene rings is 1. The molecule has 1 saturated heterocycles. The van der Waals surface area contributed by atoms with Crippen LogP contribution in [0.3, 0.4) is 0 Å². The lowest BCUT2D eigenvalue weighted by Gasteiger charge is -2.36. The van der Waals surface area contributed by atoms with E-state index in [9.17, 15) is 0 Å². The summed E-state index contributed by atoms with van der Waals surface area (Å²) in [6, 6.07) is 7.22. The quantitative estimate of drug-likeness (QED) is 0.889. The van der Waals surface area contributed by atoms with Crippen molar-refractivity contribution in [3.05, 3.63) is 34.9 Å². The van der Waals surface area contributed by atoms with Crippen LogP contribution >= 0.6 is 0 Å². The molecule has 1 aliphatic heterocycles. The Balaban J connectivity index is 2.12. The summed E-state index contributed by atoms with van der Waals surface area (Å²) in [5, 5.41) is 0. The maximum atomic E-state index is 5.70. The van der Waals surface area contributed by atoms with Crippen molar-refractivity contribution in [2.45, 2.75) is 32.9 Å². The van der Waals surface area contributed by atoms with E-state index in [0.29, 0.717) is 12.6 Å². The summed E-state index contributed by atoms with van der Waals surface area (Å²) in [5.41, 5.74) is 9.76. The average molecular weight is 248 g/mol. The molecule has 0 saturated carbocycles. The van der Waals surface area contributed by atoms with E-state index in [1.54, 1.807) is 0 Å². The molecule has 1 aromatic carbocycles. The highest BCUT2D eigenvalue weighted by Gasteiger charge is 2.24. The first-order chi connectivity index (χ1) is 8.60. The average Bonchev–Trinajstić information content (AvgIpc) is 2.37. The predicted molar refractivity (Wildman–Crippen MR) is 74.7 cm³/mol. The zero-order valence-corrected chi connectivity index (χ0v) is 11.6. The summed E-state index contributed by atoms with van der Waals surface area (Å²) >= 11 is 0. The summed E-state index contributed by atoms with van der Waals surface area (Å²) in [7, 11) is 0. The number of hydrogen-bond donors (Lipinski definition) is 1. The van der Waals surface area contributed by atoms with Crippen molar-refractivity contribution in [3.63, 3.8) is 0 Å². The molecular formula is C15H24N2O. The van der Waals surface area contributed by atoms with Crippen LogP contribution in [0.2, 0.25) is 0 Å². The summed E-state index contributed by atoms with van der Waals surface area (Å²) in [6.07, 6.45) is 0.187. The smallest absolute Gasteiger partial charge is 0.0824 e. The third-order valence-corrected chi connectivity index (χ3v) is 3.71. The number of ether oxygens (including phenoxy) is 1. The van der Waals surface area contributed by atoms with Gasteiger partial charge in [-0.1, -0.05) is 29.3 Å². The summed E-state index contributed by atoms with van der Waals surface area (Å²) in [6.45, 7) is 9.91. The lowest BCUT2D eigenvalue weighted by Crippen LogP contribution is -2.46. The second kappa shape index (κ2) is 5.83. The van der Waals surface area contributed by atoms with Gasteiger partial charge in [-0.3, -0.25) is 4.90 Å². The lowest BCUT2D eigenvalue weighted by molar-refractivity contribution is -0.0364. The minimum Gasteiger partial charge on any atom is -0.374 e. The van der Waals surface area contributed by atoms with Gasteiger partial charge in [0.15, 0.2) is 0 Å². The van der Waals surface area contributed by atoms with Gasteiger partial charge in [-0.25, -0.2) is 0 Å². The van der Waals surface area contributed by atoms with Gasteiger partial charge in [0.25, 0.3) is 0 Å². The topological polar surface area (TPSA) is 38.5 Å². The SMILES string of the molecule is Cc1cc(C)cc(C(C)N2CCOC(CN)C2)c1. The number of rotatable bonds is 3. The second-order valence-corrected chi connectivity index (χ2v) is 5.32. The van der Waals surface area contributed by atoms with Crippen LogP contribution in [0.15, 0.2) is 18.2 Å². The van der Waals surface area contributed by atoms with Crippen LogP contribution in [0, 0.1) is 13.8 Å². The molecule has 2 N–H and O–H groups in total. The number of morpholine rings is 1. The Labute approximate surface area is 110 Å². The molecule has 3 nitrogen and oxygen atoms in total. The normalized spacial score (nSPS) is 23.0. The van der Waals surface area contributed by atoms with E-state index in [1.165, 1.54) is 16.7 Å². The monoisotopic (exact) mass is 248 g/mol. The fourth-order valence-corrected chi connectivity index (χ4v) is 2.70. The third kappa shape index (κ3) is 3.10. The number of aryl methyl sites for hydroxylation is 2. The third-order valence-electron chi connectivity index (χ3n) is 3.71. The van der Waals surface area contributed by atoms with Crippen LogP contribution in [-0.2, 0) is 4.74 Å². The van der Waals surface area contributed by atoms with Crippen LogP contribution in [-0.4, -0.2) is 37.2 Å². The molecule has 0 spiro atoms. The van der Waals surface area contributed by atoms with Crippen molar-refractivity contribution >= 4 is 0 Å². The number of nitrogens with zero attached hydrogens (tertiary/aromatic N) is 1. The first-order valence-electron chi connectivity index (χ1n) is 6.74. The molecule has 2 rings (SSSR count). The van der Waals surface area contributed by atoms with Gasteiger partial charge in [0, 0.05) is 25.7 Å². The van der Waals surface area contributed by atoms with Crippen LogP contribution in [0.5, 0.6) is 0 Å². The second-order valence-electron chi connectivity index (χ2n) is 5.32. The molecule has 1 heterocycles. The summed E-state index contributed by atoms with van der Waals surface area (Å²) < 4.78 is 5.62. The van der Waals surface area contributed by atoms with Gasteiger partial charge in [0.05, 0.1) is 12.7 Å². The van der Waals surface area contributed by atoms with Crippen molar-refractivity contribution < 1.29 is 4.74 Å². The van der Waals surface area contributed by atoms with Gasteiger partial charge in [0.1, 0.15) is 0 Å². The fraction of sp³-hybridized carbons (Fsp3) is 0.600. The van der Waals surface area contributed by atoms with E-state index in [4.69, 9.17) is 10.5 Å². The Morgan fingerprint density at radius 3 is 2.61 bits per heavy atom. The molecule has 0 amide bonds. The molecule has 1 aromatic rings. The molecule has 1 aliphatic rings. The van der Waals surface area contributed by atoms with Gasteiger partial charge in [0.2, 0.25) is 0 Å². The van der Waals surface area contributed by atoms with E-state index in [1.807, 2.05) is 0 Å². The first-order valence-corrected chi connectivity index (χ1v) is 6.74. The van der Waals surface area contributed by atoms with Crippen molar-refractivity contribution in [1.29, 1.82) is 0 Å². The van der Waals surface area contributed by atoms with E-state index >= 15 is 0 Å². The molecule has 0 aromatic heterocycles. The standard InChI is InChI=1S/C15H24N2O/c1-11-6-12(2)8-14(7-11)13(3)17-4-5-18-15(9-16)10-17/h6-8,13,15H,4-5,9-10,16H2,1-3H3. The minimum absolute atomic E-state index is 0.187. The summed E-state index contributed by atoms with van der Waals surface area (Å²) in [5.74, 6) is 0. The van der Waals surface area contributed by atoms with Gasteiger partial charge in [-0.05, 0) is 26.3 Å². The first kappa shape index (κ1) is 13.5. The Kier molecular flexibility index (Phi) is 4.38. The molecular weight excluding hydrogens is 224 g/mol. The lowest BCUT2D eigenvalue weighted by atomic mass is 10.0. The Morgan fingerprint density at radius 1 is 1.33 bits per heavy atom. The zero-order valence-electron chi connectivity index (χ0n) is 11.6. The maximum absolute atomic E-state index is 5.70. The van der Waals surface area contributed by atoms with E-state index in [-0.39, 0.29) is 6.10 Å². The van der Waals surface area contributed by atoms with E-state index in [2.05, 4.69) is 43.9 Å². The van der Waals surface area contributed by atoms with Crippen LogP contribution in [0.25, 0.3) is 0 Å². The van der Waals surface area contributed by atoms with Gasteiger partial charge < -0.3 is 10.5 Å². The number of nitrogens with two attached hydrogens (primary N) is 1. The van der Waals surface area contributed by atoms with Crippen LogP contribution < -0.4 is 5.73 Å². The van der Waals surface area contributed by atoms with Gasteiger partial charge in [-0.2, -0.15) is 0 Å². The molecule has 3 heteroatoms. The highest BCUT2D eigenvalue weighted by Crippen LogP contribution is 2.24. The minimum atomic E-state index is 0.187. The molecule has 2 atom stereocenters. The molecule has 0 radical (unpaired) electrons. The van der Waals surface area contributed by atoms with E-state index in [0.717, 1.165) is 19.7 Å². The van der Waals surface area contributed by atoms with E-state index < -0.39 is 0 Å². The Morgan fingerprint density at radius 2 is 2.00 bits per heavy atom. The maximum Gasteiger partial charge on any atom is 0.0824 e. The van der Waals surface area contributed by atoms with Crippen molar-refractivity contribution in [2.24, 2.45) is 5.73 Å². The van der Waals surface area contributed by atoms with Gasteiger partial charge in [-0.15, -0.1) is 0 Å². The van der Waals surface area contributed by atoms with Crippen molar-refractivity contribution in [3.8, 4) is 0 Å². The molecule has 100 valence electrons. The largest absolute Gasteiger partial charge is 0.374 e. The van der Waals surface area contributed by atoms with Crippen molar-refractivity contribution in [1.82, 2.24) is 4.90 Å². The van der Waals surface area contributed by atoms with Crippen LogP contribution in [0.1, 0.15) is 29.7 Å². The predicted octanol–water partition coefficient (Wildman–Crippen LogP) is 2.02. The summed E-state index contributed by atoms with van der Waals surface area (Å²) in [4.78, 5) is 2.47.